The van der Waals surface area contributed by atoms with Gasteiger partial charge in [-0.2, -0.15) is 13.2 Å². The number of alkyl halides is 3. The molecule has 1 fully saturated rings. The highest BCUT2D eigenvalue weighted by molar-refractivity contribution is 6.35. The maximum absolute atomic E-state index is 13.4. The van der Waals surface area contributed by atoms with Gasteiger partial charge in [-0.05, 0) is 235 Å². The number of nitrogens with one attached hydrogen (secondary N) is 1. The van der Waals surface area contributed by atoms with Crippen LogP contribution in [0.25, 0.3) is 88.3 Å². The Kier molecular flexibility index (Phi) is 26.7. The third-order valence-electron chi connectivity index (χ3n) is 19.5. The van der Waals surface area contributed by atoms with E-state index in [1.165, 1.54) is 66.4 Å². The van der Waals surface area contributed by atoms with Crippen LogP contribution in [0.15, 0.2) is 140 Å². The first kappa shape index (κ1) is 83.5. The van der Waals surface area contributed by atoms with Gasteiger partial charge < -0.3 is 37.0 Å². The molecule has 26 heteroatoms. The Morgan fingerprint density at radius 2 is 0.965 bits per heavy atom. The van der Waals surface area contributed by atoms with Gasteiger partial charge in [-0.25, -0.2) is 61.8 Å². The van der Waals surface area contributed by atoms with E-state index in [1.807, 2.05) is 94.0 Å². The van der Waals surface area contributed by atoms with E-state index in [4.69, 9.17) is 23.2 Å². The molecule has 0 bridgehead atoms. The van der Waals surface area contributed by atoms with E-state index in [2.05, 4.69) is 134 Å². The van der Waals surface area contributed by atoms with E-state index in [-0.39, 0.29) is 23.0 Å². The zero-order chi connectivity index (χ0) is 81.4. The van der Waals surface area contributed by atoms with Crippen LogP contribution in [0.5, 0.6) is 0 Å². The van der Waals surface area contributed by atoms with Crippen LogP contribution in [0.4, 0.5) is 35.1 Å². The lowest BCUT2D eigenvalue weighted by molar-refractivity contribution is -0.137. The lowest BCUT2D eigenvalue weighted by atomic mass is 10.0. The minimum atomic E-state index is -4.29. The third-order valence-corrected chi connectivity index (χ3v) is 20.1. The smallest absolute Gasteiger partial charge is 0.342 e. The van der Waals surface area contributed by atoms with Crippen molar-refractivity contribution < 1.29 is 35.1 Å². The number of H-pyrrole nitrogens is 1. The number of nitrogens with zero attached hydrogens (tertiary/aromatic N) is 15. The first-order chi connectivity index (χ1) is 53.9. The molecule has 9 heterocycles. The summed E-state index contributed by atoms with van der Waals surface area (Å²) in [5.41, 5.74) is 14.6. The van der Waals surface area contributed by atoms with Crippen LogP contribution < -0.4 is 0 Å². The molecule has 1 aliphatic heterocycles. The molecule has 1 N–H and O–H groups in total. The summed E-state index contributed by atoms with van der Waals surface area (Å²) in [6, 6.07) is 39.3. The number of benzene rings is 8. The zero-order valence-corrected chi connectivity index (χ0v) is 68.0. The molecule has 1 saturated carbocycles. The van der Waals surface area contributed by atoms with Gasteiger partial charge >= 0.3 is 6.18 Å². The second-order valence-corrected chi connectivity index (χ2v) is 29.9. The first-order valence-corrected chi connectivity index (χ1v) is 39.1. The molecule has 594 valence electrons. The summed E-state index contributed by atoms with van der Waals surface area (Å²) in [7, 11) is 0. The van der Waals surface area contributed by atoms with Gasteiger partial charge in [0.2, 0.25) is 0 Å². The number of halogens is 10. The lowest BCUT2D eigenvalue weighted by Gasteiger charge is -2.15. The Balaban J connectivity index is 0.000000128. The number of aromatic nitrogens is 16. The van der Waals surface area contributed by atoms with Crippen LogP contribution in [-0.4, -0.2) is 76.8 Å². The quantitative estimate of drug-likeness (QED) is 0.133. The maximum atomic E-state index is 13.4. The van der Waals surface area contributed by atoms with Crippen LogP contribution in [0, 0.1) is 90.4 Å². The summed E-state index contributed by atoms with van der Waals surface area (Å²) in [6.45, 7) is 35.1. The number of aryl methyl sites for hydroxylation is 13. The van der Waals surface area contributed by atoms with Gasteiger partial charge in [0.1, 0.15) is 69.6 Å². The molecule has 0 saturated heterocycles. The van der Waals surface area contributed by atoms with Crippen molar-refractivity contribution >= 4 is 111 Å². The molecule has 1 aliphatic carbocycles. The van der Waals surface area contributed by atoms with E-state index in [9.17, 15) is 35.1 Å². The number of imidazole rings is 8. The molecule has 0 unspecified atom stereocenters. The van der Waals surface area contributed by atoms with Crippen molar-refractivity contribution in [2.75, 3.05) is 0 Å². The van der Waals surface area contributed by atoms with Crippen LogP contribution in [0.2, 0.25) is 10.0 Å². The predicted molar refractivity (Wildman–Crippen MR) is 440 cm³/mol. The van der Waals surface area contributed by atoms with E-state index in [0.717, 1.165) is 194 Å². The fourth-order valence-corrected chi connectivity index (χ4v) is 15.0. The summed E-state index contributed by atoms with van der Waals surface area (Å²) in [5.74, 6) is 5.66. The van der Waals surface area contributed by atoms with Crippen LogP contribution >= 0.6 is 23.2 Å². The number of rotatable bonds is 10. The molecule has 8 aromatic heterocycles. The number of fused-ring (bicyclic) bond motifs is 7. The second kappa shape index (κ2) is 36.1. The highest BCUT2D eigenvalue weighted by Gasteiger charge is 2.33. The summed E-state index contributed by atoms with van der Waals surface area (Å²) in [6.07, 6.45) is 3.29. The van der Waals surface area contributed by atoms with E-state index in [1.54, 1.807) is 37.3 Å². The second-order valence-electron chi connectivity index (χ2n) is 29.1. The van der Waals surface area contributed by atoms with Crippen molar-refractivity contribution in [1.82, 2.24) is 76.8 Å². The Labute approximate surface area is 661 Å². The van der Waals surface area contributed by atoms with Gasteiger partial charge in [0.05, 0.1) is 98.4 Å². The van der Waals surface area contributed by atoms with Gasteiger partial charge in [-0.1, -0.05) is 82.1 Å². The lowest BCUT2D eigenvalue weighted by Crippen LogP contribution is -2.08. The van der Waals surface area contributed by atoms with Crippen molar-refractivity contribution in [2.24, 2.45) is 5.92 Å². The van der Waals surface area contributed by atoms with Crippen molar-refractivity contribution in [1.29, 1.82) is 0 Å². The minimum Gasteiger partial charge on any atom is -0.342 e. The largest absolute Gasteiger partial charge is 0.416 e. The highest BCUT2D eigenvalue weighted by atomic mass is 35.5. The van der Waals surface area contributed by atoms with E-state index in [0.29, 0.717) is 34.6 Å². The molecule has 0 spiro atoms. The average Bonchev–Trinajstić information content (AvgIpc) is 1.60. The summed E-state index contributed by atoms with van der Waals surface area (Å²) in [5, 5.41) is 1.57. The highest BCUT2D eigenvalue weighted by Crippen LogP contribution is 2.40. The Hall–Kier alpha value is -10.5. The number of aromatic amines is 1. The fraction of sp³-hybridized carbons (Fsp3) is 0.356. The average molecular weight is 1590 g/mol. The Morgan fingerprint density at radius 3 is 1.59 bits per heavy atom. The normalized spacial score (nSPS) is 12.5. The van der Waals surface area contributed by atoms with E-state index < -0.39 is 23.4 Å². The molecule has 16 nitrogen and oxygen atoms in total. The van der Waals surface area contributed by atoms with Crippen molar-refractivity contribution in [3.63, 3.8) is 0 Å². The van der Waals surface area contributed by atoms with Crippen LogP contribution in [-0.2, 0) is 45.3 Å². The molecule has 8 aromatic carbocycles. The van der Waals surface area contributed by atoms with Crippen molar-refractivity contribution in [2.45, 2.75) is 200 Å². The fourth-order valence-electron chi connectivity index (χ4n) is 14.5. The topological polar surface area (TPSA) is 153 Å². The maximum Gasteiger partial charge on any atom is 0.416 e. The predicted octanol–water partition coefficient (Wildman–Crippen LogP) is 24.1. The summed E-state index contributed by atoms with van der Waals surface area (Å²) in [4.78, 5) is 37.6. The molecule has 113 heavy (non-hydrogen) atoms. The number of para-hydroxylation sites is 3. The van der Waals surface area contributed by atoms with E-state index >= 15 is 0 Å². The molecule has 0 atom stereocenters. The Bertz CT molecular complexity index is 6000. The molecule has 2 aliphatic rings. The summed E-state index contributed by atoms with van der Waals surface area (Å²) >= 11 is 12.3. The SMILES string of the molecule is CCCn1c(C)nc2c(F)c(F)ccc21.CCCn1c(C)nc2ccc(F)cc21.CCCn1c(C)nc2cccc(Cl)c21.Cc1nc2cc(F)ccc2n1C(C)C.Cc1nc2ccc(C(F)(F)F)cc2n1C1CC1.Cc1nc2ccc(F)cc2[nH]1.Cc1nc2cccc(Cl)c2n1CC(C)C.Cc1nc2cccc3c2n1CCC3. The molecular weight excluding hydrogens is 1490 g/mol. The van der Waals surface area contributed by atoms with Gasteiger partial charge in [-0.15, -0.1) is 0 Å². The molecular formula is C87H96Cl2F8N16. The number of hydrogen-bond donors (Lipinski definition) is 1. The molecule has 0 radical (unpaired) electrons. The monoisotopic (exact) mass is 1590 g/mol. The first-order valence-electron chi connectivity index (χ1n) is 38.3. The zero-order valence-electron chi connectivity index (χ0n) is 66.5. The number of hydrogen-bond acceptors (Lipinski definition) is 8. The Morgan fingerprint density at radius 1 is 0.460 bits per heavy atom. The van der Waals surface area contributed by atoms with Gasteiger partial charge in [0, 0.05) is 50.9 Å². The van der Waals surface area contributed by atoms with Crippen LogP contribution in [0.1, 0.15) is 157 Å². The standard InChI is InChI=1S/C12H15ClN2.C12H11F3N2.C11H13ClN2.C11H12F2N2.2C11H13FN2.C11H12N2.C8H7FN2/c1-8(2)7-15-9(3)14-11-6-4-5-10(13)12(11)15;1-7-16-10-5-2-8(12(13,14)15)6-11(10)17(7)9-3-4-9;1-3-7-14-8(2)13-10-6-4-5-9(12)11(10)14;1-3-6-15-7(2)14-11-9(15)5-4-8(12)10(11)13;1-7(2)14-8(3)13-10-6-9(12)4-5-11(10)14;1-3-6-14-8(2)13-10-5-4-9(12)7-11(10)14;1-8-12-10-6-2-4-9-5-3-7-13(8)11(9)10;1-5-10-7-3-2-6(9)4-8(7)11-5/h4-6,8H,7H2,1-3H3;2,5-6,9H,3-4H2,1H3;4-6H,3,7H2,1-2H3;4-5H,3,6H2,1-2H3;4-7H,1-3H3;4-5,7H,3,6H2,1-2H3;2,4,6H,3,5,7H2,1H3;2-4H,1H3,(H,10,11). The minimum absolute atomic E-state index is 0.126. The molecule has 18 rings (SSSR count). The van der Waals surface area contributed by atoms with Crippen molar-refractivity contribution in [3.8, 4) is 0 Å². The third kappa shape index (κ3) is 19.3. The van der Waals surface area contributed by atoms with Crippen LogP contribution in [0.3, 0.4) is 0 Å². The van der Waals surface area contributed by atoms with Gasteiger partial charge in [-0.3, -0.25) is 0 Å². The van der Waals surface area contributed by atoms with Gasteiger partial charge in [0.25, 0.3) is 0 Å². The summed E-state index contributed by atoms with van der Waals surface area (Å²) < 4.78 is 118. The molecule has 0 amide bonds. The molecule has 16 aromatic rings. The van der Waals surface area contributed by atoms with Gasteiger partial charge in [0.15, 0.2) is 11.6 Å². The van der Waals surface area contributed by atoms with Crippen molar-refractivity contribution in [3.05, 3.63) is 236 Å².